The van der Waals surface area contributed by atoms with E-state index >= 15 is 0 Å². The number of nitrogens with two attached hydrogens (primary N) is 2. The number of hydrogen-bond donors (Lipinski definition) is 8. The number of amides is 4. The van der Waals surface area contributed by atoms with Crippen LogP contribution in [0.15, 0.2) is 127 Å². The van der Waals surface area contributed by atoms with Crippen molar-refractivity contribution >= 4 is 47.1 Å². The molecule has 1 aliphatic heterocycles. The van der Waals surface area contributed by atoms with Crippen molar-refractivity contribution in [2.75, 3.05) is 73.4 Å². The summed E-state index contributed by atoms with van der Waals surface area (Å²) in [5.74, 6) is 6.54. The van der Waals surface area contributed by atoms with Crippen LogP contribution in [-0.4, -0.2) is 130 Å². The molecule has 98 heavy (non-hydrogen) atoms. The molecule has 4 amide bonds. The molecule has 10 N–H and O–H groups in total. The quantitative estimate of drug-likeness (QED) is 0.00359. The molecule has 1 aromatic heterocycles. The molecule has 23 nitrogen and oxygen atoms in total. The third-order valence-electron chi connectivity index (χ3n) is 15.6. The normalized spacial score (nSPS) is 13.9. The number of aromatic nitrogens is 2. The number of benzene rings is 4. The zero-order valence-electron chi connectivity index (χ0n) is 57.2. The van der Waals surface area contributed by atoms with E-state index in [1.165, 1.54) is 58.4 Å². The Hall–Kier alpha value is -10.2. The van der Waals surface area contributed by atoms with Gasteiger partial charge in [-0.2, -0.15) is 0 Å². The lowest BCUT2D eigenvalue weighted by Gasteiger charge is -2.24. The van der Waals surface area contributed by atoms with Crippen LogP contribution in [0.5, 0.6) is 0 Å². The average molecular weight is 1340 g/mol. The first-order valence-corrected chi connectivity index (χ1v) is 32.9. The van der Waals surface area contributed by atoms with Crippen molar-refractivity contribution in [2.45, 2.75) is 122 Å². The van der Waals surface area contributed by atoms with E-state index in [0.29, 0.717) is 117 Å². The summed E-state index contributed by atoms with van der Waals surface area (Å²) >= 11 is 0. The van der Waals surface area contributed by atoms with Crippen molar-refractivity contribution in [1.29, 1.82) is 0 Å². The topological polar surface area (TPSA) is 346 Å². The van der Waals surface area contributed by atoms with E-state index in [1.54, 1.807) is 20.4 Å². The van der Waals surface area contributed by atoms with Crippen molar-refractivity contribution < 1.29 is 47.8 Å². The number of allylic oxidation sites excluding steroid dienone is 2. The van der Waals surface area contributed by atoms with E-state index < -0.39 is 0 Å². The lowest BCUT2D eigenvalue weighted by molar-refractivity contribution is -0.142. The number of imidazole rings is 1. The fourth-order valence-electron chi connectivity index (χ4n) is 10.8. The van der Waals surface area contributed by atoms with E-state index in [9.17, 15) is 38.4 Å². The summed E-state index contributed by atoms with van der Waals surface area (Å²) in [6.07, 6.45) is 29.5. The minimum absolute atomic E-state index is 0.00171. The molecule has 23 heteroatoms. The van der Waals surface area contributed by atoms with Crippen molar-refractivity contribution in [3.05, 3.63) is 160 Å². The van der Waals surface area contributed by atoms with Crippen molar-refractivity contribution in [3.63, 3.8) is 0 Å². The fraction of sp³-hybridized carbons (Fsp3) is 0.427. The Kier molecular flexibility index (Phi) is 40.6. The number of nitrogens with one attached hydrogen (secondary N) is 6. The molecule has 2 bridgehead atoms. The number of esters is 2. The number of carbonyl (C=O) groups excluding carboxylic acids is 8. The van der Waals surface area contributed by atoms with Gasteiger partial charge in [-0.3, -0.25) is 38.4 Å². The number of azide groups is 1. The lowest BCUT2D eigenvalue weighted by Crippen LogP contribution is -2.34. The summed E-state index contributed by atoms with van der Waals surface area (Å²) in [6.45, 7) is 8.05. The molecule has 0 radical (unpaired) electrons. The Morgan fingerprint density at radius 3 is 1.56 bits per heavy atom. The number of unbranched alkanes of at least 4 members (excludes halogenated alkanes) is 1. The summed E-state index contributed by atoms with van der Waals surface area (Å²) in [5.41, 5.74) is 30.0. The number of hydrogen-bond acceptors (Lipinski definition) is 16. The highest BCUT2D eigenvalue weighted by Gasteiger charge is 2.31. The molecule has 0 saturated carbocycles. The SMILES string of the molecule is C#CCCC(=O)NCCC(CCCCN=[N+]=[N-])C(=O)CN.C#CCCC(=O)NCNC.C#CCCC(=O)NCNC.C/C=C/C1C(C(=O)CN)CCNC(=O)CCc2cn1cn2.CC(=O)OCC1c2ccccc2-c2ccccc21.CC(=O)OCC1c2ccccc2-c2ccccc21. The average Bonchev–Trinajstić information content (AvgIpc) is 1.63. The molecule has 522 valence electrons. The lowest BCUT2D eigenvalue weighted by atomic mass is 9.90. The number of nitrogens with zero attached hydrogens (tertiary/aromatic N) is 5. The molecule has 0 spiro atoms. The van der Waals surface area contributed by atoms with E-state index in [4.69, 9.17) is 45.7 Å². The summed E-state index contributed by atoms with van der Waals surface area (Å²) < 4.78 is 12.3. The summed E-state index contributed by atoms with van der Waals surface area (Å²) in [5, 5.41) is 19.9. The Labute approximate surface area is 577 Å². The molecule has 3 unspecified atom stereocenters. The highest BCUT2D eigenvalue weighted by atomic mass is 16.5. The van der Waals surface area contributed by atoms with Gasteiger partial charge in [0.1, 0.15) is 19.0 Å². The van der Waals surface area contributed by atoms with Crippen LogP contribution in [0.25, 0.3) is 32.7 Å². The smallest absolute Gasteiger partial charge is 0.302 e. The van der Waals surface area contributed by atoms with Crippen molar-refractivity contribution in [3.8, 4) is 59.3 Å². The van der Waals surface area contributed by atoms with Gasteiger partial charge in [0.15, 0.2) is 5.78 Å². The zero-order chi connectivity index (χ0) is 71.9. The maximum Gasteiger partial charge on any atom is 0.302 e. The van der Waals surface area contributed by atoms with E-state index in [2.05, 4.69) is 113 Å². The number of carbonyl (C=O) groups is 8. The van der Waals surface area contributed by atoms with Gasteiger partial charge in [0.05, 0.1) is 44.5 Å². The molecule has 0 fully saturated rings. The van der Waals surface area contributed by atoms with E-state index in [-0.39, 0.29) is 89.9 Å². The van der Waals surface area contributed by atoms with Crippen LogP contribution in [0.2, 0.25) is 0 Å². The van der Waals surface area contributed by atoms with Crippen LogP contribution >= 0.6 is 0 Å². The first-order valence-electron chi connectivity index (χ1n) is 32.9. The van der Waals surface area contributed by atoms with Crippen molar-refractivity contribution in [1.82, 2.24) is 41.5 Å². The second-order valence-corrected chi connectivity index (χ2v) is 22.6. The van der Waals surface area contributed by atoms with Crippen molar-refractivity contribution in [2.24, 2.45) is 28.4 Å². The number of aryl methyl sites for hydroxylation is 1. The molecule has 2 heterocycles. The van der Waals surface area contributed by atoms with E-state index in [1.807, 2.05) is 78.4 Å². The molecule has 3 aliphatic rings. The number of fused-ring (bicyclic) bond motifs is 8. The van der Waals surface area contributed by atoms with Crippen LogP contribution in [0.3, 0.4) is 0 Å². The molecule has 5 aromatic rings. The minimum Gasteiger partial charge on any atom is -0.465 e. The third-order valence-corrected chi connectivity index (χ3v) is 15.6. The predicted octanol–water partition coefficient (Wildman–Crippen LogP) is 8.24. The second-order valence-electron chi connectivity index (χ2n) is 22.6. The molecule has 4 aromatic carbocycles. The van der Waals surface area contributed by atoms with Crippen LogP contribution in [0.4, 0.5) is 0 Å². The minimum atomic E-state index is -0.258. The molecule has 8 rings (SSSR count). The summed E-state index contributed by atoms with van der Waals surface area (Å²) in [4.78, 5) is 97.5. The highest BCUT2D eigenvalue weighted by molar-refractivity contribution is 5.85. The molecule has 2 aliphatic carbocycles. The predicted molar refractivity (Wildman–Crippen MR) is 382 cm³/mol. The van der Waals surface area contributed by atoms with Gasteiger partial charge in [0.25, 0.3) is 0 Å². The van der Waals surface area contributed by atoms with Gasteiger partial charge in [0, 0.05) is 113 Å². The third kappa shape index (κ3) is 29.9. The van der Waals surface area contributed by atoms with E-state index in [0.717, 1.165) is 18.5 Å². The maximum absolute atomic E-state index is 12.2. The van der Waals surface area contributed by atoms with Gasteiger partial charge in [-0.15, -0.1) is 37.0 Å². The van der Waals surface area contributed by atoms with Crippen LogP contribution in [-0.2, 0) is 54.3 Å². The van der Waals surface area contributed by atoms with Crippen LogP contribution < -0.4 is 43.4 Å². The number of rotatable bonds is 27. The summed E-state index contributed by atoms with van der Waals surface area (Å²) in [7, 11) is 3.53. The van der Waals surface area contributed by atoms with Crippen LogP contribution in [0.1, 0.15) is 144 Å². The Morgan fingerprint density at radius 2 is 1.15 bits per heavy atom. The standard InChI is InChI=1S/2C16H14O2.C15H22N4O2.C14H23N5O2.2C7H12N2O/c2*1-11(17)18-10-16-14-8-4-2-6-12(14)13-7-3-5-9-15(13)16;1-2-3-13-12(14(20)8-16)6-7-17-15(21)5-4-11-9-19(13)10-18-11;1-2-3-7-14(21)17-10-8-12(13(20)11-15)6-4-5-9-18-19-16;2*1-3-4-5-7(10)9-6-8-2/h2*2-9,16H,10H2,1H3;2-3,9-10,12-13H,4-8,16H2,1H3,(H,17,21);1,12H,3-11,15H2,(H,17,21);2*1,8H,4-6H2,2H3,(H,9,10)/b;;3-2+;;;. The van der Waals surface area contributed by atoms with Crippen LogP contribution in [0, 0.1) is 48.9 Å². The van der Waals surface area contributed by atoms with Gasteiger partial charge in [-0.05, 0) is 103 Å². The Morgan fingerprint density at radius 1 is 0.694 bits per heavy atom. The zero-order valence-corrected chi connectivity index (χ0v) is 57.2. The molecule has 3 atom stereocenters. The molecule has 0 saturated heterocycles. The van der Waals surface area contributed by atoms with Gasteiger partial charge >= 0.3 is 11.9 Å². The molecular formula is C75H97N13O10. The first kappa shape index (κ1) is 82.1. The number of Topliss-reactive ketones (excluding diaryl/α,β-unsaturated/α-hetero) is 2. The summed E-state index contributed by atoms with van der Waals surface area (Å²) in [6, 6.07) is 33.2. The fourth-order valence-corrected chi connectivity index (χ4v) is 10.8. The number of ether oxygens (including phenoxy) is 2. The second kappa shape index (κ2) is 48.5. The maximum atomic E-state index is 12.2. The van der Waals surface area contributed by atoms with Gasteiger partial charge in [0.2, 0.25) is 23.6 Å². The molecular weight excluding hydrogens is 1240 g/mol. The Balaban J connectivity index is 0.000000312. The largest absolute Gasteiger partial charge is 0.465 e. The van der Waals surface area contributed by atoms with Gasteiger partial charge < -0.3 is 57.4 Å². The van der Waals surface area contributed by atoms with Gasteiger partial charge in [-0.25, -0.2) is 4.98 Å². The number of terminal acetylenes is 3. The number of ketones is 2. The highest BCUT2D eigenvalue weighted by Crippen LogP contribution is 2.45. The first-order chi connectivity index (χ1) is 47.5. The van der Waals surface area contributed by atoms with Gasteiger partial charge in [-0.1, -0.05) is 121 Å². The monoisotopic (exact) mass is 1340 g/mol. The Bertz CT molecular complexity index is 3320.